The number of hydrogen-bond acceptors (Lipinski definition) is 2. The molecule has 112 valence electrons. The maximum absolute atomic E-state index is 12.1. The van der Waals surface area contributed by atoms with Gasteiger partial charge in [0.15, 0.2) is 0 Å². The molecule has 0 spiro atoms. The van der Waals surface area contributed by atoms with E-state index in [2.05, 4.69) is 30.8 Å². The van der Waals surface area contributed by atoms with Crippen LogP contribution in [0, 0.1) is 11.3 Å². The van der Waals surface area contributed by atoms with E-state index >= 15 is 0 Å². The lowest BCUT2D eigenvalue weighted by molar-refractivity contribution is -0.274. The number of anilines is 1. The number of alkyl halides is 3. The SMILES string of the molecule is CC1CC(C)(C)CC1Nc1ccc(OC(F)(F)F)cc1. The molecule has 1 N–H and O–H groups in total. The van der Waals surface area contributed by atoms with E-state index in [1.807, 2.05) is 0 Å². The highest BCUT2D eigenvalue weighted by Gasteiger charge is 2.36. The van der Waals surface area contributed by atoms with Crippen LogP contribution in [0.15, 0.2) is 24.3 Å². The van der Waals surface area contributed by atoms with Gasteiger partial charge >= 0.3 is 6.36 Å². The Labute approximate surface area is 117 Å². The fraction of sp³-hybridized carbons (Fsp3) is 0.600. The molecule has 5 heteroatoms. The third-order valence-electron chi connectivity index (χ3n) is 3.77. The molecule has 0 saturated heterocycles. The molecule has 0 amide bonds. The fourth-order valence-electron chi connectivity index (χ4n) is 3.05. The molecule has 0 bridgehead atoms. The van der Waals surface area contributed by atoms with Crippen LogP contribution in [0.4, 0.5) is 18.9 Å². The van der Waals surface area contributed by atoms with Crippen LogP contribution in [0.1, 0.15) is 33.6 Å². The maximum Gasteiger partial charge on any atom is 0.573 e. The summed E-state index contributed by atoms with van der Waals surface area (Å²) in [6.07, 6.45) is -2.42. The van der Waals surface area contributed by atoms with Gasteiger partial charge in [0.1, 0.15) is 5.75 Å². The van der Waals surface area contributed by atoms with Crippen molar-refractivity contribution in [2.75, 3.05) is 5.32 Å². The van der Waals surface area contributed by atoms with E-state index in [1.165, 1.54) is 12.1 Å². The van der Waals surface area contributed by atoms with E-state index in [0.29, 0.717) is 17.4 Å². The number of hydrogen-bond donors (Lipinski definition) is 1. The van der Waals surface area contributed by atoms with Gasteiger partial charge < -0.3 is 10.1 Å². The monoisotopic (exact) mass is 287 g/mol. The molecular weight excluding hydrogens is 267 g/mol. The van der Waals surface area contributed by atoms with Gasteiger partial charge in [-0.2, -0.15) is 0 Å². The Hall–Kier alpha value is -1.39. The molecule has 2 nitrogen and oxygen atoms in total. The number of rotatable bonds is 3. The van der Waals surface area contributed by atoms with E-state index in [9.17, 15) is 13.2 Å². The summed E-state index contributed by atoms with van der Waals surface area (Å²) in [5.41, 5.74) is 1.14. The van der Waals surface area contributed by atoms with Crippen LogP contribution in [0.2, 0.25) is 0 Å². The largest absolute Gasteiger partial charge is 0.573 e. The van der Waals surface area contributed by atoms with Gasteiger partial charge in [-0.3, -0.25) is 0 Å². The zero-order valence-corrected chi connectivity index (χ0v) is 11.9. The van der Waals surface area contributed by atoms with Gasteiger partial charge in [-0.15, -0.1) is 13.2 Å². The highest BCUT2D eigenvalue weighted by atomic mass is 19.4. The minimum atomic E-state index is -4.64. The summed E-state index contributed by atoms with van der Waals surface area (Å²) in [6, 6.07) is 6.28. The first-order chi connectivity index (χ1) is 9.15. The summed E-state index contributed by atoms with van der Waals surface area (Å²) >= 11 is 0. The van der Waals surface area contributed by atoms with Crippen LogP contribution in [-0.2, 0) is 0 Å². The molecule has 1 saturated carbocycles. The van der Waals surface area contributed by atoms with Crippen molar-refractivity contribution in [3.05, 3.63) is 24.3 Å². The van der Waals surface area contributed by atoms with Gasteiger partial charge in [-0.1, -0.05) is 20.8 Å². The van der Waals surface area contributed by atoms with Gasteiger partial charge in [-0.05, 0) is 48.4 Å². The third-order valence-corrected chi connectivity index (χ3v) is 3.77. The Morgan fingerprint density at radius 2 is 1.75 bits per heavy atom. The average molecular weight is 287 g/mol. The normalized spacial score (nSPS) is 25.5. The van der Waals surface area contributed by atoms with Crippen LogP contribution < -0.4 is 10.1 Å². The van der Waals surface area contributed by atoms with Crippen molar-refractivity contribution in [2.24, 2.45) is 11.3 Å². The molecule has 1 aliphatic rings. The molecule has 2 atom stereocenters. The van der Waals surface area contributed by atoms with Crippen molar-refractivity contribution < 1.29 is 17.9 Å². The number of halogens is 3. The van der Waals surface area contributed by atoms with Gasteiger partial charge in [0, 0.05) is 11.7 Å². The Morgan fingerprint density at radius 3 is 2.20 bits per heavy atom. The molecule has 0 heterocycles. The second kappa shape index (κ2) is 5.19. The first-order valence-electron chi connectivity index (χ1n) is 6.77. The van der Waals surface area contributed by atoms with E-state index in [-0.39, 0.29) is 5.75 Å². The van der Waals surface area contributed by atoms with Crippen molar-refractivity contribution in [2.45, 2.75) is 46.0 Å². The maximum atomic E-state index is 12.1. The van der Waals surface area contributed by atoms with Crippen LogP contribution >= 0.6 is 0 Å². The van der Waals surface area contributed by atoms with Crippen molar-refractivity contribution in [1.29, 1.82) is 0 Å². The lowest BCUT2D eigenvalue weighted by Gasteiger charge is -2.20. The fourth-order valence-corrected chi connectivity index (χ4v) is 3.05. The summed E-state index contributed by atoms with van der Waals surface area (Å²) in [5, 5.41) is 3.40. The van der Waals surface area contributed by atoms with Crippen molar-refractivity contribution in [3.8, 4) is 5.75 Å². The van der Waals surface area contributed by atoms with Gasteiger partial charge in [0.25, 0.3) is 0 Å². The van der Waals surface area contributed by atoms with Crippen molar-refractivity contribution >= 4 is 5.69 Å². The second-order valence-corrected chi connectivity index (χ2v) is 6.37. The minimum absolute atomic E-state index is 0.192. The molecule has 0 aliphatic heterocycles. The average Bonchev–Trinajstić information content (AvgIpc) is 2.52. The van der Waals surface area contributed by atoms with Gasteiger partial charge in [0.05, 0.1) is 0 Å². The van der Waals surface area contributed by atoms with Gasteiger partial charge in [0.2, 0.25) is 0 Å². The first kappa shape index (κ1) is 15.0. The van der Waals surface area contributed by atoms with Crippen molar-refractivity contribution in [1.82, 2.24) is 0 Å². The molecular formula is C15H20F3NO. The molecule has 0 radical (unpaired) electrons. The predicted octanol–water partition coefficient (Wildman–Crippen LogP) is 4.82. The van der Waals surface area contributed by atoms with E-state index < -0.39 is 6.36 Å². The highest BCUT2D eigenvalue weighted by Crippen LogP contribution is 2.42. The number of ether oxygens (including phenoxy) is 1. The minimum Gasteiger partial charge on any atom is -0.406 e. The molecule has 1 aliphatic carbocycles. The Balaban J connectivity index is 1.98. The van der Waals surface area contributed by atoms with Gasteiger partial charge in [-0.25, -0.2) is 0 Å². The standard InChI is InChI=1S/C15H20F3NO/c1-10-8-14(2,3)9-13(10)19-11-4-6-12(7-5-11)20-15(16,17)18/h4-7,10,13,19H,8-9H2,1-3H3. The third kappa shape index (κ3) is 4.05. The molecule has 1 fully saturated rings. The first-order valence-corrected chi connectivity index (χ1v) is 6.77. The van der Waals surface area contributed by atoms with E-state index in [0.717, 1.165) is 18.5 Å². The quantitative estimate of drug-likeness (QED) is 0.860. The van der Waals surface area contributed by atoms with Crippen LogP contribution in [0.5, 0.6) is 5.75 Å². The Bertz CT molecular complexity index is 453. The molecule has 2 rings (SSSR count). The number of benzene rings is 1. The molecule has 2 unspecified atom stereocenters. The summed E-state index contributed by atoms with van der Waals surface area (Å²) in [6.45, 7) is 6.68. The molecule has 20 heavy (non-hydrogen) atoms. The number of nitrogens with one attached hydrogen (secondary N) is 1. The molecule has 1 aromatic carbocycles. The molecule has 0 aromatic heterocycles. The van der Waals surface area contributed by atoms with E-state index in [1.54, 1.807) is 12.1 Å². The lowest BCUT2D eigenvalue weighted by atomic mass is 9.91. The summed E-state index contributed by atoms with van der Waals surface area (Å²) in [4.78, 5) is 0. The van der Waals surface area contributed by atoms with Crippen LogP contribution in [0.3, 0.4) is 0 Å². The van der Waals surface area contributed by atoms with E-state index in [4.69, 9.17) is 0 Å². The topological polar surface area (TPSA) is 21.3 Å². The van der Waals surface area contributed by atoms with Crippen LogP contribution in [-0.4, -0.2) is 12.4 Å². The molecule has 1 aromatic rings. The smallest absolute Gasteiger partial charge is 0.406 e. The van der Waals surface area contributed by atoms with Crippen LogP contribution in [0.25, 0.3) is 0 Å². The zero-order chi connectivity index (χ0) is 15.0. The lowest BCUT2D eigenvalue weighted by Crippen LogP contribution is -2.22. The zero-order valence-electron chi connectivity index (χ0n) is 11.9. The highest BCUT2D eigenvalue weighted by molar-refractivity contribution is 5.47. The second-order valence-electron chi connectivity index (χ2n) is 6.37. The van der Waals surface area contributed by atoms with Crippen molar-refractivity contribution in [3.63, 3.8) is 0 Å². The Kier molecular flexibility index (Phi) is 3.89. The predicted molar refractivity (Wildman–Crippen MR) is 72.7 cm³/mol. The summed E-state index contributed by atoms with van der Waals surface area (Å²) in [7, 11) is 0. The summed E-state index contributed by atoms with van der Waals surface area (Å²) in [5.74, 6) is 0.360. The summed E-state index contributed by atoms with van der Waals surface area (Å²) < 4.78 is 40.1. The Morgan fingerprint density at radius 1 is 1.15 bits per heavy atom.